The van der Waals surface area contributed by atoms with Crippen LogP contribution < -0.4 is 5.32 Å². The quantitative estimate of drug-likeness (QED) is 0.776. The molecule has 0 atom stereocenters. The van der Waals surface area contributed by atoms with Crippen LogP contribution in [0.5, 0.6) is 0 Å². The standard InChI is InChI=1S/C19H21N5O/c25-19(22-18-10-12-21-24(18)17-4-1-2-5-17)16-8-6-15(7-9-16)14-23-13-3-11-20-23/h3,6-13,17H,1-2,4-5,14H2,(H,22,25). The molecule has 0 unspecified atom stereocenters. The van der Waals surface area contributed by atoms with Crippen molar-refractivity contribution in [1.82, 2.24) is 19.6 Å². The van der Waals surface area contributed by atoms with Gasteiger partial charge in [-0.25, -0.2) is 4.68 Å². The van der Waals surface area contributed by atoms with Gasteiger partial charge in [0.25, 0.3) is 5.91 Å². The van der Waals surface area contributed by atoms with E-state index in [1.54, 1.807) is 12.4 Å². The maximum Gasteiger partial charge on any atom is 0.256 e. The molecule has 4 rings (SSSR count). The third kappa shape index (κ3) is 3.47. The van der Waals surface area contributed by atoms with E-state index < -0.39 is 0 Å². The van der Waals surface area contributed by atoms with Crippen LogP contribution in [-0.2, 0) is 6.54 Å². The summed E-state index contributed by atoms with van der Waals surface area (Å²) in [6, 6.07) is 11.8. The van der Waals surface area contributed by atoms with E-state index in [9.17, 15) is 4.79 Å². The number of aromatic nitrogens is 4. The number of carbonyl (C=O) groups is 1. The molecule has 6 nitrogen and oxygen atoms in total. The van der Waals surface area contributed by atoms with Gasteiger partial charge in [-0.05, 0) is 36.6 Å². The molecule has 2 heterocycles. The molecule has 0 aliphatic heterocycles. The monoisotopic (exact) mass is 335 g/mol. The van der Waals surface area contributed by atoms with Gasteiger partial charge in [-0.1, -0.05) is 25.0 Å². The van der Waals surface area contributed by atoms with Gasteiger partial charge < -0.3 is 5.32 Å². The molecule has 3 aromatic rings. The second kappa shape index (κ2) is 6.93. The number of carbonyl (C=O) groups excluding carboxylic acids is 1. The third-order valence-electron chi connectivity index (χ3n) is 4.70. The van der Waals surface area contributed by atoms with Crippen molar-refractivity contribution in [1.29, 1.82) is 0 Å². The van der Waals surface area contributed by atoms with E-state index in [4.69, 9.17) is 0 Å². The number of amides is 1. The molecule has 1 saturated carbocycles. The summed E-state index contributed by atoms with van der Waals surface area (Å²) < 4.78 is 3.81. The Labute approximate surface area is 146 Å². The van der Waals surface area contributed by atoms with Gasteiger partial charge >= 0.3 is 0 Å². The average molecular weight is 335 g/mol. The van der Waals surface area contributed by atoms with Gasteiger partial charge in [0.2, 0.25) is 0 Å². The molecule has 25 heavy (non-hydrogen) atoms. The average Bonchev–Trinajstić information content (AvgIpc) is 3.38. The van der Waals surface area contributed by atoms with Crippen LogP contribution in [0.1, 0.15) is 47.6 Å². The van der Waals surface area contributed by atoms with Crippen molar-refractivity contribution in [2.75, 3.05) is 5.32 Å². The molecule has 1 aromatic carbocycles. The lowest BCUT2D eigenvalue weighted by molar-refractivity contribution is 0.102. The van der Waals surface area contributed by atoms with Gasteiger partial charge in [0.1, 0.15) is 5.82 Å². The normalized spacial score (nSPS) is 14.7. The summed E-state index contributed by atoms with van der Waals surface area (Å²) in [6.45, 7) is 0.698. The minimum atomic E-state index is -0.106. The van der Waals surface area contributed by atoms with E-state index in [1.165, 1.54) is 12.8 Å². The van der Waals surface area contributed by atoms with Crippen LogP contribution in [0, 0.1) is 0 Å². The van der Waals surface area contributed by atoms with Crippen LogP contribution in [0.3, 0.4) is 0 Å². The molecular formula is C19H21N5O. The SMILES string of the molecule is O=C(Nc1ccnn1C1CCCC1)c1ccc(Cn2cccn2)cc1. The van der Waals surface area contributed by atoms with Crippen molar-refractivity contribution in [2.24, 2.45) is 0 Å². The highest BCUT2D eigenvalue weighted by molar-refractivity contribution is 6.03. The van der Waals surface area contributed by atoms with Crippen LogP contribution in [0.2, 0.25) is 0 Å². The maximum absolute atomic E-state index is 12.5. The Bertz CT molecular complexity index is 829. The van der Waals surface area contributed by atoms with Crippen LogP contribution in [0.15, 0.2) is 55.0 Å². The van der Waals surface area contributed by atoms with E-state index in [0.717, 1.165) is 24.2 Å². The minimum Gasteiger partial charge on any atom is -0.307 e. The lowest BCUT2D eigenvalue weighted by Crippen LogP contribution is -2.17. The van der Waals surface area contributed by atoms with E-state index >= 15 is 0 Å². The summed E-state index contributed by atoms with van der Waals surface area (Å²) in [7, 11) is 0. The summed E-state index contributed by atoms with van der Waals surface area (Å²) in [5, 5.41) is 11.6. The molecule has 1 fully saturated rings. The largest absolute Gasteiger partial charge is 0.307 e. The molecule has 6 heteroatoms. The summed E-state index contributed by atoms with van der Waals surface area (Å²) >= 11 is 0. The van der Waals surface area contributed by atoms with Gasteiger partial charge in [-0.3, -0.25) is 9.48 Å². The Morgan fingerprint density at radius 1 is 1.08 bits per heavy atom. The first-order chi connectivity index (χ1) is 12.3. The van der Waals surface area contributed by atoms with E-state index in [2.05, 4.69) is 15.5 Å². The smallest absolute Gasteiger partial charge is 0.256 e. The third-order valence-corrected chi connectivity index (χ3v) is 4.70. The first-order valence-corrected chi connectivity index (χ1v) is 8.71. The Balaban J connectivity index is 1.44. The van der Waals surface area contributed by atoms with E-state index in [1.807, 2.05) is 52.0 Å². The van der Waals surface area contributed by atoms with Crippen molar-refractivity contribution in [3.63, 3.8) is 0 Å². The zero-order valence-corrected chi connectivity index (χ0v) is 14.0. The Kier molecular flexibility index (Phi) is 4.33. The number of benzene rings is 1. The van der Waals surface area contributed by atoms with Crippen molar-refractivity contribution in [3.8, 4) is 0 Å². The summed E-state index contributed by atoms with van der Waals surface area (Å²) in [5.74, 6) is 0.669. The Morgan fingerprint density at radius 2 is 1.88 bits per heavy atom. The van der Waals surface area contributed by atoms with Crippen LogP contribution >= 0.6 is 0 Å². The Hall–Kier alpha value is -2.89. The molecule has 1 amide bonds. The van der Waals surface area contributed by atoms with E-state index in [-0.39, 0.29) is 5.91 Å². The molecule has 1 N–H and O–H groups in total. The zero-order chi connectivity index (χ0) is 17.1. The number of anilines is 1. The molecule has 0 radical (unpaired) electrons. The molecular weight excluding hydrogens is 314 g/mol. The van der Waals surface area contributed by atoms with Crippen molar-refractivity contribution in [3.05, 3.63) is 66.1 Å². The second-order valence-corrected chi connectivity index (χ2v) is 6.45. The topological polar surface area (TPSA) is 64.7 Å². The number of nitrogens with one attached hydrogen (secondary N) is 1. The van der Waals surface area contributed by atoms with Crippen molar-refractivity contribution < 1.29 is 4.79 Å². The highest BCUT2D eigenvalue weighted by Gasteiger charge is 2.20. The van der Waals surface area contributed by atoms with Gasteiger partial charge in [-0.2, -0.15) is 10.2 Å². The fourth-order valence-electron chi connectivity index (χ4n) is 3.38. The van der Waals surface area contributed by atoms with Gasteiger partial charge in [-0.15, -0.1) is 0 Å². The van der Waals surface area contributed by atoms with Crippen molar-refractivity contribution >= 4 is 11.7 Å². The molecule has 1 aliphatic rings. The van der Waals surface area contributed by atoms with E-state index in [0.29, 0.717) is 18.2 Å². The maximum atomic E-state index is 12.5. The number of nitrogens with zero attached hydrogens (tertiary/aromatic N) is 4. The lowest BCUT2D eigenvalue weighted by Gasteiger charge is -2.14. The van der Waals surface area contributed by atoms with Gasteiger partial charge in [0.15, 0.2) is 0 Å². The minimum absolute atomic E-state index is 0.106. The number of hydrogen-bond acceptors (Lipinski definition) is 3. The molecule has 0 saturated heterocycles. The van der Waals surface area contributed by atoms with Crippen LogP contribution in [0.4, 0.5) is 5.82 Å². The van der Waals surface area contributed by atoms with Crippen LogP contribution in [0.25, 0.3) is 0 Å². The first kappa shape index (κ1) is 15.6. The van der Waals surface area contributed by atoms with Gasteiger partial charge in [0.05, 0.1) is 18.8 Å². The molecule has 1 aliphatic carbocycles. The fourth-order valence-corrected chi connectivity index (χ4v) is 3.38. The summed E-state index contributed by atoms with van der Waals surface area (Å²) in [5.41, 5.74) is 1.75. The van der Waals surface area contributed by atoms with Crippen molar-refractivity contribution in [2.45, 2.75) is 38.3 Å². The molecule has 128 valence electrons. The highest BCUT2D eigenvalue weighted by Crippen LogP contribution is 2.31. The van der Waals surface area contributed by atoms with Crippen LogP contribution in [-0.4, -0.2) is 25.5 Å². The summed E-state index contributed by atoms with van der Waals surface area (Å²) in [6.07, 6.45) is 10.2. The predicted molar refractivity (Wildman–Crippen MR) is 95.5 cm³/mol. The molecule has 0 spiro atoms. The predicted octanol–water partition coefficient (Wildman–Crippen LogP) is 3.50. The number of rotatable bonds is 5. The second-order valence-electron chi connectivity index (χ2n) is 6.45. The lowest BCUT2D eigenvalue weighted by atomic mass is 10.1. The first-order valence-electron chi connectivity index (χ1n) is 8.71. The summed E-state index contributed by atoms with van der Waals surface area (Å²) in [4.78, 5) is 12.5. The molecule has 0 bridgehead atoms. The van der Waals surface area contributed by atoms with Gasteiger partial charge in [0, 0.05) is 24.0 Å². The Morgan fingerprint density at radius 3 is 2.60 bits per heavy atom. The highest BCUT2D eigenvalue weighted by atomic mass is 16.1. The fraction of sp³-hybridized carbons (Fsp3) is 0.316. The molecule has 2 aromatic heterocycles. The zero-order valence-electron chi connectivity index (χ0n) is 14.0. The number of hydrogen-bond donors (Lipinski definition) is 1.